The molecule has 3 aromatic rings. The van der Waals surface area contributed by atoms with Gasteiger partial charge in [0.15, 0.2) is 6.61 Å². The second-order valence-corrected chi connectivity index (χ2v) is 7.36. The first-order chi connectivity index (χ1) is 12.0. The van der Waals surface area contributed by atoms with Gasteiger partial charge in [0.1, 0.15) is 9.71 Å². The SMILES string of the molecule is Cc1c(C(=O)OCC(=O)NCc2cccs2)sc2ncn(C)c(=O)c12. The number of ether oxygens (including phenoxy) is 1. The van der Waals surface area contributed by atoms with E-state index >= 15 is 0 Å². The van der Waals surface area contributed by atoms with Crippen LogP contribution in [0.3, 0.4) is 0 Å². The summed E-state index contributed by atoms with van der Waals surface area (Å²) in [7, 11) is 1.60. The zero-order chi connectivity index (χ0) is 18.0. The molecule has 3 aromatic heterocycles. The zero-order valence-electron chi connectivity index (χ0n) is 13.6. The fourth-order valence-corrected chi connectivity index (χ4v) is 3.93. The van der Waals surface area contributed by atoms with Crippen LogP contribution in [-0.2, 0) is 23.1 Å². The molecule has 0 unspecified atom stereocenters. The summed E-state index contributed by atoms with van der Waals surface area (Å²) in [5, 5.41) is 5.01. The molecule has 9 heteroatoms. The van der Waals surface area contributed by atoms with E-state index in [0.717, 1.165) is 16.2 Å². The molecule has 1 amide bonds. The van der Waals surface area contributed by atoms with Gasteiger partial charge >= 0.3 is 5.97 Å². The van der Waals surface area contributed by atoms with Gasteiger partial charge in [-0.1, -0.05) is 6.07 Å². The summed E-state index contributed by atoms with van der Waals surface area (Å²) in [6, 6.07) is 3.81. The van der Waals surface area contributed by atoms with Gasteiger partial charge in [-0.25, -0.2) is 9.78 Å². The Morgan fingerprint density at radius 3 is 2.92 bits per heavy atom. The van der Waals surface area contributed by atoms with Crippen LogP contribution in [0.5, 0.6) is 0 Å². The number of nitrogens with zero attached hydrogens (tertiary/aromatic N) is 2. The standard InChI is InChI=1S/C16H15N3O4S2/c1-9-12-14(18-8-19(2)15(12)21)25-13(9)16(22)23-7-11(20)17-6-10-4-3-5-24-10/h3-5,8H,6-7H2,1-2H3,(H,17,20). The highest BCUT2D eigenvalue weighted by Gasteiger charge is 2.20. The Labute approximate surface area is 150 Å². The van der Waals surface area contributed by atoms with Crippen molar-refractivity contribution in [1.82, 2.24) is 14.9 Å². The van der Waals surface area contributed by atoms with Crippen molar-refractivity contribution in [3.63, 3.8) is 0 Å². The van der Waals surface area contributed by atoms with Crippen molar-refractivity contribution in [1.29, 1.82) is 0 Å². The van der Waals surface area contributed by atoms with E-state index < -0.39 is 5.97 Å². The predicted molar refractivity (Wildman–Crippen MR) is 96.0 cm³/mol. The van der Waals surface area contributed by atoms with Crippen LogP contribution in [0.2, 0.25) is 0 Å². The molecule has 3 heterocycles. The van der Waals surface area contributed by atoms with Gasteiger partial charge in [-0.2, -0.15) is 0 Å². The highest BCUT2D eigenvalue weighted by atomic mass is 32.1. The van der Waals surface area contributed by atoms with Gasteiger partial charge < -0.3 is 14.6 Å². The van der Waals surface area contributed by atoms with Crippen molar-refractivity contribution in [2.24, 2.45) is 7.05 Å². The van der Waals surface area contributed by atoms with Crippen molar-refractivity contribution in [2.45, 2.75) is 13.5 Å². The summed E-state index contributed by atoms with van der Waals surface area (Å²) in [5.74, 6) is -1.01. The van der Waals surface area contributed by atoms with Crippen LogP contribution >= 0.6 is 22.7 Å². The van der Waals surface area contributed by atoms with E-state index in [9.17, 15) is 14.4 Å². The summed E-state index contributed by atoms with van der Waals surface area (Å²) in [6.07, 6.45) is 1.41. The molecule has 0 saturated carbocycles. The average Bonchev–Trinajstić information content (AvgIpc) is 3.22. The second-order valence-electron chi connectivity index (χ2n) is 5.33. The first-order valence-electron chi connectivity index (χ1n) is 7.38. The number of esters is 1. The minimum Gasteiger partial charge on any atom is -0.451 e. The van der Waals surface area contributed by atoms with Crippen LogP contribution in [0.4, 0.5) is 0 Å². The molecule has 3 rings (SSSR count). The number of fused-ring (bicyclic) bond motifs is 1. The number of carbonyl (C=O) groups is 2. The molecule has 0 aliphatic heterocycles. The maximum Gasteiger partial charge on any atom is 0.349 e. The van der Waals surface area contributed by atoms with Crippen LogP contribution in [0.1, 0.15) is 20.1 Å². The van der Waals surface area contributed by atoms with Crippen molar-refractivity contribution in [3.05, 3.63) is 49.5 Å². The lowest BCUT2D eigenvalue weighted by atomic mass is 10.2. The summed E-state index contributed by atoms with van der Waals surface area (Å²) < 4.78 is 6.42. The molecule has 0 aliphatic carbocycles. The maximum absolute atomic E-state index is 12.2. The number of rotatable bonds is 5. The number of nitrogens with one attached hydrogen (secondary N) is 1. The second kappa shape index (κ2) is 7.16. The summed E-state index contributed by atoms with van der Waals surface area (Å²) >= 11 is 2.62. The van der Waals surface area contributed by atoms with Gasteiger partial charge in [0.25, 0.3) is 11.5 Å². The quantitative estimate of drug-likeness (QED) is 0.685. The minimum absolute atomic E-state index is 0.216. The largest absolute Gasteiger partial charge is 0.451 e. The molecular weight excluding hydrogens is 362 g/mol. The van der Waals surface area contributed by atoms with E-state index in [1.54, 1.807) is 14.0 Å². The maximum atomic E-state index is 12.2. The van der Waals surface area contributed by atoms with Gasteiger partial charge in [-0.3, -0.25) is 9.59 Å². The van der Waals surface area contributed by atoms with E-state index in [-0.39, 0.29) is 23.0 Å². The molecule has 0 fully saturated rings. The zero-order valence-corrected chi connectivity index (χ0v) is 15.2. The minimum atomic E-state index is -0.631. The van der Waals surface area contributed by atoms with Crippen molar-refractivity contribution < 1.29 is 14.3 Å². The van der Waals surface area contributed by atoms with Crippen LogP contribution in [0, 0.1) is 6.92 Å². The lowest BCUT2D eigenvalue weighted by Crippen LogP contribution is -2.28. The van der Waals surface area contributed by atoms with E-state index in [2.05, 4.69) is 10.3 Å². The van der Waals surface area contributed by atoms with Crippen molar-refractivity contribution >= 4 is 44.8 Å². The van der Waals surface area contributed by atoms with Crippen LogP contribution in [0.15, 0.2) is 28.6 Å². The normalized spacial score (nSPS) is 10.8. The topological polar surface area (TPSA) is 90.3 Å². The van der Waals surface area contributed by atoms with E-state index in [1.165, 1.54) is 22.2 Å². The van der Waals surface area contributed by atoms with Gasteiger partial charge in [-0.15, -0.1) is 22.7 Å². The van der Waals surface area contributed by atoms with Crippen molar-refractivity contribution in [3.8, 4) is 0 Å². The fraction of sp³-hybridized carbons (Fsp3) is 0.250. The van der Waals surface area contributed by atoms with E-state index in [1.807, 2.05) is 17.5 Å². The Morgan fingerprint density at radius 1 is 1.40 bits per heavy atom. The van der Waals surface area contributed by atoms with E-state index in [4.69, 9.17) is 4.74 Å². The Bertz CT molecular complexity index is 989. The van der Waals surface area contributed by atoms with Crippen molar-refractivity contribution in [2.75, 3.05) is 6.61 Å². The predicted octanol–water partition coefficient (Wildman–Crippen LogP) is 1.84. The van der Waals surface area contributed by atoms with Gasteiger partial charge in [-0.05, 0) is 23.9 Å². The van der Waals surface area contributed by atoms with E-state index in [0.29, 0.717) is 22.3 Å². The first kappa shape index (κ1) is 17.3. The molecular formula is C16H15N3O4S2. The molecule has 0 radical (unpaired) electrons. The smallest absolute Gasteiger partial charge is 0.349 e. The number of hydrogen-bond acceptors (Lipinski definition) is 7. The lowest BCUT2D eigenvalue weighted by Gasteiger charge is -2.05. The summed E-state index contributed by atoms with van der Waals surface area (Å²) in [6.45, 7) is 1.70. The molecule has 0 atom stereocenters. The molecule has 0 bridgehead atoms. The third-order valence-corrected chi connectivity index (χ3v) is 5.63. The summed E-state index contributed by atoms with van der Waals surface area (Å²) in [5.41, 5.74) is 0.309. The molecule has 0 saturated heterocycles. The lowest BCUT2D eigenvalue weighted by molar-refractivity contribution is -0.124. The highest BCUT2D eigenvalue weighted by molar-refractivity contribution is 7.20. The van der Waals surface area contributed by atoms with Crippen LogP contribution < -0.4 is 10.9 Å². The Morgan fingerprint density at radius 2 is 2.20 bits per heavy atom. The monoisotopic (exact) mass is 377 g/mol. The Kier molecular flexibility index (Phi) is 4.95. The average molecular weight is 377 g/mol. The molecule has 0 spiro atoms. The van der Waals surface area contributed by atoms with Gasteiger partial charge in [0, 0.05) is 11.9 Å². The molecule has 0 aromatic carbocycles. The van der Waals surface area contributed by atoms with Crippen LogP contribution in [-0.4, -0.2) is 28.0 Å². The number of aromatic nitrogens is 2. The molecule has 130 valence electrons. The molecule has 1 N–H and O–H groups in total. The Hall–Kier alpha value is -2.52. The Balaban J connectivity index is 1.66. The number of thiophene rings is 2. The molecule has 25 heavy (non-hydrogen) atoms. The highest BCUT2D eigenvalue weighted by Crippen LogP contribution is 2.27. The molecule has 7 nitrogen and oxygen atoms in total. The number of carbonyl (C=O) groups excluding carboxylic acids is 2. The third kappa shape index (κ3) is 3.62. The van der Waals surface area contributed by atoms with Gasteiger partial charge in [0.2, 0.25) is 0 Å². The first-order valence-corrected chi connectivity index (χ1v) is 9.08. The van der Waals surface area contributed by atoms with Crippen LogP contribution in [0.25, 0.3) is 10.2 Å². The van der Waals surface area contributed by atoms with Gasteiger partial charge in [0.05, 0.1) is 18.3 Å². The fourth-order valence-electron chi connectivity index (χ4n) is 2.25. The summed E-state index contributed by atoms with van der Waals surface area (Å²) in [4.78, 5) is 42.1. The number of hydrogen-bond donors (Lipinski definition) is 1. The number of aryl methyl sites for hydroxylation is 2. The third-order valence-electron chi connectivity index (χ3n) is 3.57. The molecule has 0 aliphatic rings. The number of amides is 1.